The summed E-state index contributed by atoms with van der Waals surface area (Å²) in [6.45, 7) is 0.0973. The summed E-state index contributed by atoms with van der Waals surface area (Å²) in [4.78, 5) is 26.8. The number of aliphatic hydroxyl groups is 2. The Morgan fingerprint density at radius 2 is 1.47 bits per heavy atom. The Morgan fingerprint density at radius 1 is 0.833 bits per heavy atom. The molecule has 0 aromatic heterocycles. The van der Waals surface area contributed by atoms with Gasteiger partial charge in [0.1, 0.15) is 0 Å². The normalized spacial score (nSPS) is 21.6. The van der Waals surface area contributed by atoms with Crippen molar-refractivity contribution in [2.45, 2.75) is 31.5 Å². The van der Waals surface area contributed by atoms with Crippen molar-refractivity contribution in [2.24, 2.45) is 0 Å². The lowest BCUT2D eigenvalue weighted by atomic mass is 10.0. The van der Waals surface area contributed by atoms with E-state index in [1.807, 2.05) is 36.4 Å². The highest BCUT2D eigenvalue weighted by molar-refractivity contribution is 7.99. The largest absolute Gasteiger partial charge is 0.396 e. The van der Waals surface area contributed by atoms with Crippen LogP contribution in [0.2, 0.25) is 0 Å². The number of benzene rings is 3. The van der Waals surface area contributed by atoms with Gasteiger partial charge in [0, 0.05) is 23.5 Å². The first-order valence-corrected chi connectivity index (χ1v) is 13.0. The number of hydrogen-bond acceptors (Lipinski definition) is 7. The smallest absolute Gasteiger partial charge is 0.266 e. The lowest BCUT2D eigenvalue weighted by Crippen LogP contribution is -2.31. The van der Waals surface area contributed by atoms with Gasteiger partial charge >= 0.3 is 0 Å². The van der Waals surface area contributed by atoms with Gasteiger partial charge in [-0.3, -0.25) is 9.59 Å². The third-order valence-electron chi connectivity index (χ3n) is 6.37. The Labute approximate surface area is 213 Å². The van der Waals surface area contributed by atoms with E-state index in [4.69, 9.17) is 14.6 Å². The van der Waals surface area contributed by atoms with Crippen LogP contribution in [0.3, 0.4) is 0 Å². The number of hydrogen-bond donors (Lipinski definition) is 2. The Morgan fingerprint density at radius 3 is 2.08 bits per heavy atom. The monoisotopic (exact) mass is 505 g/mol. The number of amides is 2. The van der Waals surface area contributed by atoms with E-state index in [0.717, 1.165) is 22.4 Å². The van der Waals surface area contributed by atoms with Crippen LogP contribution in [0.5, 0.6) is 0 Å². The van der Waals surface area contributed by atoms with Crippen molar-refractivity contribution in [1.82, 2.24) is 0 Å². The van der Waals surface area contributed by atoms with Crippen molar-refractivity contribution in [3.63, 3.8) is 0 Å². The molecular weight excluding hydrogens is 478 g/mol. The number of carbonyl (C=O) groups is 2. The molecule has 2 N–H and O–H groups in total. The first kappa shape index (κ1) is 24.7. The first-order chi connectivity index (χ1) is 17.6. The van der Waals surface area contributed by atoms with Gasteiger partial charge < -0.3 is 19.7 Å². The van der Waals surface area contributed by atoms with Gasteiger partial charge in [0.25, 0.3) is 11.8 Å². The van der Waals surface area contributed by atoms with Gasteiger partial charge in [-0.1, -0.05) is 48.5 Å². The highest BCUT2D eigenvalue weighted by Crippen LogP contribution is 2.39. The van der Waals surface area contributed by atoms with Gasteiger partial charge in [-0.05, 0) is 35.4 Å². The fourth-order valence-corrected chi connectivity index (χ4v) is 5.28. The van der Waals surface area contributed by atoms with Crippen LogP contribution in [-0.4, -0.2) is 46.2 Å². The Hall–Kier alpha value is -3.01. The zero-order chi connectivity index (χ0) is 25.1. The number of carbonyl (C=O) groups excluding carboxylic acids is 2. The molecule has 5 rings (SSSR count). The molecule has 1 saturated heterocycles. The molecule has 0 radical (unpaired) electrons. The van der Waals surface area contributed by atoms with E-state index in [-0.39, 0.29) is 37.2 Å². The molecule has 0 saturated carbocycles. The number of fused-ring (bicyclic) bond motifs is 1. The van der Waals surface area contributed by atoms with Gasteiger partial charge in [-0.2, -0.15) is 11.8 Å². The molecule has 0 unspecified atom stereocenters. The maximum absolute atomic E-state index is 12.8. The minimum absolute atomic E-state index is 0.0165. The molecule has 36 heavy (non-hydrogen) atoms. The molecule has 7 nitrogen and oxygen atoms in total. The molecule has 2 aliphatic heterocycles. The van der Waals surface area contributed by atoms with E-state index >= 15 is 0 Å². The average molecular weight is 506 g/mol. The predicted molar refractivity (Wildman–Crippen MR) is 137 cm³/mol. The fourth-order valence-electron chi connectivity index (χ4n) is 4.51. The summed E-state index contributed by atoms with van der Waals surface area (Å²) in [6.07, 6.45) is -0.247. The number of ether oxygens (including phenoxy) is 2. The van der Waals surface area contributed by atoms with Crippen molar-refractivity contribution in [3.8, 4) is 0 Å². The second-order valence-corrected chi connectivity index (χ2v) is 9.88. The standard InChI is InChI=1S/C28H27NO6S/c30-13-14-36-17-22-15-25(19-7-5-18(16-31)6-8-19)35-28(34-22)20-9-11-21(12-10-20)29-26(32)23-3-1-2-4-24(23)27(29)33/h1-12,22,25,28,30-31H,13-17H2/t22-,25+,28+/m1/s1. The van der Waals surface area contributed by atoms with Gasteiger partial charge in [0.05, 0.1) is 42.2 Å². The van der Waals surface area contributed by atoms with E-state index in [1.54, 1.807) is 48.2 Å². The van der Waals surface area contributed by atoms with Gasteiger partial charge in [0.15, 0.2) is 6.29 Å². The Bertz CT molecular complexity index is 1190. The molecule has 186 valence electrons. The summed E-state index contributed by atoms with van der Waals surface area (Å²) in [5.41, 5.74) is 3.92. The third kappa shape index (κ3) is 4.96. The van der Waals surface area contributed by atoms with E-state index < -0.39 is 6.29 Å². The quantitative estimate of drug-likeness (QED) is 0.349. The zero-order valence-corrected chi connectivity index (χ0v) is 20.4. The number of aliphatic hydroxyl groups excluding tert-OH is 2. The van der Waals surface area contributed by atoms with Crippen LogP contribution >= 0.6 is 11.8 Å². The molecule has 0 spiro atoms. The zero-order valence-electron chi connectivity index (χ0n) is 19.6. The topological polar surface area (TPSA) is 96.3 Å². The molecule has 3 aromatic carbocycles. The molecule has 2 aliphatic rings. The second kappa shape index (κ2) is 10.9. The Kier molecular flexibility index (Phi) is 7.50. The van der Waals surface area contributed by atoms with Crippen LogP contribution in [-0.2, 0) is 16.1 Å². The molecule has 1 fully saturated rings. The first-order valence-electron chi connectivity index (χ1n) is 11.9. The van der Waals surface area contributed by atoms with Crippen LogP contribution < -0.4 is 4.90 Å². The minimum atomic E-state index is -0.628. The highest BCUT2D eigenvalue weighted by Gasteiger charge is 2.37. The van der Waals surface area contributed by atoms with Crippen LogP contribution in [0, 0.1) is 0 Å². The lowest BCUT2D eigenvalue weighted by molar-refractivity contribution is -0.245. The number of rotatable bonds is 8. The molecule has 3 atom stereocenters. The number of imide groups is 1. The summed E-state index contributed by atoms with van der Waals surface area (Å²) in [6, 6.07) is 21.6. The minimum Gasteiger partial charge on any atom is -0.396 e. The summed E-state index contributed by atoms with van der Waals surface area (Å²) >= 11 is 1.63. The second-order valence-electron chi connectivity index (χ2n) is 8.73. The van der Waals surface area contributed by atoms with E-state index in [2.05, 4.69) is 0 Å². The summed E-state index contributed by atoms with van der Waals surface area (Å²) in [5, 5.41) is 18.5. The van der Waals surface area contributed by atoms with Crippen LogP contribution in [0.4, 0.5) is 5.69 Å². The molecule has 0 aliphatic carbocycles. The van der Waals surface area contributed by atoms with Crippen molar-refractivity contribution < 1.29 is 29.3 Å². The van der Waals surface area contributed by atoms with Crippen molar-refractivity contribution in [2.75, 3.05) is 23.0 Å². The van der Waals surface area contributed by atoms with Gasteiger partial charge in [0.2, 0.25) is 0 Å². The number of nitrogens with zero attached hydrogens (tertiary/aromatic N) is 1. The van der Waals surface area contributed by atoms with E-state index in [9.17, 15) is 14.7 Å². The van der Waals surface area contributed by atoms with Crippen LogP contribution in [0.1, 0.15) is 56.2 Å². The molecule has 3 aromatic rings. The van der Waals surface area contributed by atoms with E-state index in [1.165, 1.54) is 4.90 Å². The van der Waals surface area contributed by atoms with Crippen molar-refractivity contribution in [3.05, 3.63) is 101 Å². The highest BCUT2D eigenvalue weighted by atomic mass is 32.2. The maximum Gasteiger partial charge on any atom is 0.266 e. The third-order valence-corrected chi connectivity index (χ3v) is 7.45. The van der Waals surface area contributed by atoms with Gasteiger partial charge in [-0.25, -0.2) is 4.90 Å². The van der Waals surface area contributed by atoms with Crippen LogP contribution in [0.25, 0.3) is 0 Å². The number of thioether (sulfide) groups is 1. The molecular formula is C28H27NO6S. The van der Waals surface area contributed by atoms with Crippen molar-refractivity contribution >= 4 is 29.3 Å². The van der Waals surface area contributed by atoms with Crippen LogP contribution in [0.15, 0.2) is 72.8 Å². The number of anilines is 1. The average Bonchev–Trinajstić information content (AvgIpc) is 3.18. The maximum atomic E-state index is 12.8. The summed E-state index contributed by atoms with van der Waals surface area (Å²) < 4.78 is 12.6. The van der Waals surface area contributed by atoms with Gasteiger partial charge in [-0.15, -0.1) is 0 Å². The lowest BCUT2D eigenvalue weighted by Gasteiger charge is -2.36. The fraction of sp³-hybridized carbons (Fsp3) is 0.286. The van der Waals surface area contributed by atoms with Crippen molar-refractivity contribution in [1.29, 1.82) is 0 Å². The molecule has 0 bridgehead atoms. The Balaban J connectivity index is 1.36. The SMILES string of the molecule is O=C1c2ccccc2C(=O)N1c1ccc([C@H]2O[C@@H](CSCCO)C[C@@H](c3ccc(CO)cc3)O2)cc1. The molecule has 2 heterocycles. The van der Waals surface area contributed by atoms with E-state index in [0.29, 0.717) is 29.0 Å². The summed E-state index contributed by atoms with van der Waals surface area (Å²) in [7, 11) is 0. The molecule has 8 heteroatoms. The summed E-state index contributed by atoms with van der Waals surface area (Å²) in [5.74, 6) is 0.691. The predicted octanol–water partition coefficient (Wildman–Crippen LogP) is 4.25. The molecule has 2 amide bonds.